The van der Waals surface area contributed by atoms with Crippen molar-refractivity contribution in [1.29, 1.82) is 0 Å². The van der Waals surface area contributed by atoms with E-state index in [4.69, 9.17) is 11.6 Å². The first-order chi connectivity index (χ1) is 9.02. The van der Waals surface area contributed by atoms with Crippen molar-refractivity contribution in [3.63, 3.8) is 0 Å². The number of halogens is 1. The number of nitrogens with one attached hydrogen (secondary N) is 2. The molecule has 1 aromatic heterocycles. The lowest BCUT2D eigenvalue weighted by atomic mass is 10.2. The predicted molar refractivity (Wildman–Crippen MR) is 75.8 cm³/mol. The Morgan fingerprint density at radius 2 is 1.79 bits per heavy atom. The standard InChI is InChI=1S/C13H13ClN4O/c1-8-7-12(18-13(14)15-8)17-11-5-3-10(4-6-11)16-9(2)19/h3-7H,1-2H3,(H,16,19)(H,15,17,18). The minimum atomic E-state index is -0.0982. The van der Waals surface area contributed by atoms with Crippen LogP contribution >= 0.6 is 11.6 Å². The van der Waals surface area contributed by atoms with Crippen LogP contribution in [0.5, 0.6) is 0 Å². The Bertz CT molecular complexity index is 578. The van der Waals surface area contributed by atoms with Crippen molar-refractivity contribution in [2.24, 2.45) is 0 Å². The van der Waals surface area contributed by atoms with Crippen LogP contribution in [0.2, 0.25) is 5.28 Å². The zero-order valence-corrected chi connectivity index (χ0v) is 11.3. The van der Waals surface area contributed by atoms with E-state index < -0.39 is 0 Å². The summed E-state index contributed by atoms with van der Waals surface area (Å²) >= 11 is 5.79. The van der Waals surface area contributed by atoms with Crippen LogP contribution in [0.3, 0.4) is 0 Å². The quantitative estimate of drug-likeness (QED) is 0.845. The highest BCUT2D eigenvalue weighted by Gasteiger charge is 2.01. The Hall–Kier alpha value is -2.14. The van der Waals surface area contributed by atoms with Crippen LogP contribution in [-0.4, -0.2) is 15.9 Å². The molecule has 98 valence electrons. The van der Waals surface area contributed by atoms with Crippen LogP contribution in [0.4, 0.5) is 17.2 Å². The fourth-order valence-corrected chi connectivity index (χ4v) is 1.81. The fraction of sp³-hybridized carbons (Fsp3) is 0.154. The summed E-state index contributed by atoms with van der Waals surface area (Å²) in [4.78, 5) is 19.0. The van der Waals surface area contributed by atoms with E-state index in [2.05, 4.69) is 20.6 Å². The van der Waals surface area contributed by atoms with Crippen LogP contribution in [0, 0.1) is 6.92 Å². The Labute approximate surface area is 116 Å². The van der Waals surface area contributed by atoms with Crippen LogP contribution in [0.25, 0.3) is 0 Å². The van der Waals surface area contributed by atoms with Gasteiger partial charge in [0.25, 0.3) is 0 Å². The average Bonchev–Trinajstić information content (AvgIpc) is 2.29. The maximum Gasteiger partial charge on any atom is 0.224 e. The van der Waals surface area contributed by atoms with E-state index in [0.717, 1.165) is 17.1 Å². The molecule has 0 atom stereocenters. The first kappa shape index (κ1) is 13.3. The third-order valence-corrected chi connectivity index (χ3v) is 2.47. The molecule has 1 aromatic carbocycles. The highest BCUT2D eigenvalue weighted by Crippen LogP contribution is 2.19. The van der Waals surface area contributed by atoms with Gasteiger partial charge in [0.05, 0.1) is 0 Å². The molecule has 19 heavy (non-hydrogen) atoms. The number of anilines is 3. The third-order valence-electron chi connectivity index (χ3n) is 2.30. The average molecular weight is 277 g/mol. The number of aryl methyl sites for hydroxylation is 1. The molecule has 0 spiro atoms. The molecule has 0 aliphatic heterocycles. The SMILES string of the molecule is CC(=O)Nc1ccc(Nc2cc(C)nc(Cl)n2)cc1. The first-order valence-corrected chi connectivity index (χ1v) is 6.06. The Morgan fingerprint density at radius 1 is 1.16 bits per heavy atom. The highest BCUT2D eigenvalue weighted by molar-refractivity contribution is 6.28. The molecule has 0 bridgehead atoms. The summed E-state index contributed by atoms with van der Waals surface area (Å²) in [7, 11) is 0. The molecular weight excluding hydrogens is 264 g/mol. The van der Waals surface area contributed by atoms with E-state index in [1.807, 2.05) is 19.1 Å². The summed E-state index contributed by atoms with van der Waals surface area (Å²) in [6, 6.07) is 9.10. The van der Waals surface area contributed by atoms with Gasteiger partial charge in [-0.1, -0.05) is 0 Å². The van der Waals surface area contributed by atoms with Gasteiger partial charge in [-0.2, -0.15) is 0 Å². The Balaban J connectivity index is 2.12. The Morgan fingerprint density at radius 3 is 2.37 bits per heavy atom. The van der Waals surface area contributed by atoms with Crippen molar-refractivity contribution in [3.05, 3.63) is 41.3 Å². The van der Waals surface area contributed by atoms with Crippen LogP contribution in [0.1, 0.15) is 12.6 Å². The maximum absolute atomic E-state index is 10.9. The van der Waals surface area contributed by atoms with Gasteiger partial charge in [0.1, 0.15) is 5.82 Å². The lowest BCUT2D eigenvalue weighted by Gasteiger charge is -2.08. The molecule has 1 amide bonds. The number of aromatic nitrogens is 2. The molecule has 0 radical (unpaired) electrons. The number of carbonyl (C=O) groups is 1. The summed E-state index contributed by atoms with van der Waals surface area (Å²) in [5.41, 5.74) is 2.38. The molecule has 0 unspecified atom stereocenters. The number of hydrogen-bond acceptors (Lipinski definition) is 4. The lowest BCUT2D eigenvalue weighted by Crippen LogP contribution is -2.05. The normalized spacial score (nSPS) is 10.1. The van der Waals surface area contributed by atoms with Gasteiger partial charge >= 0.3 is 0 Å². The summed E-state index contributed by atoms with van der Waals surface area (Å²) in [5.74, 6) is 0.531. The zero-order chi connectivity index (χ0) is 13.8. The van der Waals surface area contributed by atoms with Crippen LogP contribution < -0.4 is 10.6 Å². The zero-order valence-electron chi connectivity index (χ0n) is 10.6. The van der Waals surface area contributed by atoms with Crippen LogP contribution in [-0.2, 0) is 4.79 Å². The minimum absolute atomic E-state index is 0.0982. The highest BCUT2D eigenvalue weighted by atomic mass is 35.5. The molecule has 5 nitrogen and oxygen atoms in total. The van der Waals surface area contributed by atoms with E-state index >= 15 is 0 Å². The summed E-state index contributed by atoms with van der Waals surface area (Å²) in [5, 5.41) is 6.02. The smallest absolute Gasteiger partial charge is 0.224 e. The fourth-order valence-electron chi connectivity index (χ4n) is 1.58. The van der Waals surface area contributed by atoms with Gasteiger partial charge in [-0.3, -0.25) is 4.79 Å². The summed E-state index contributed by atoms with van der Waals surface area (Å²) in [6.07, 6.45) is 0. The second-order valence-corrected chi connectivity index (χ2v) is 4.39. The number of rotatable bonds is 3. The number of hydrogen-bond donors (Lipinski definition) is 2. The van der Waals surface area contributed by atoms with E-state index in [-0.39, 0.29) is 11.2 Å². The van der Waals surface area contributed by atoms with Gasteiger partial charge in [0.15, 0.2) is 0 Å². The molecule has 2 N–H and O–H groups in total. The maximum atomic E-state index is 10.9. The Kier molecular flexibility index (Phi) is 3.97. The van der Waals surface area contributed by atoms with E-state index in [1.165, 1.54) is 6.92 Å². The van der Waals surface area contributed by atoms with Crippen molar-refractivity contribution in [1.82, 2.24) is 9.97 Å². The summed E-state index contributed by atoms with van der Waals surface area (Å²) in [6.45, 7) is 3.32. The molecule has 6 heteroatoms. The largest absolute Gasteiger partial charge is 0.340 e. The third kappa shape index (κ3) is 3.93. The molecule has 0 aliphatic rings. The van der Waals surface area contributed by atoms with Gasteiger partial charge in [-0.25, -0.2) is 9.97 Å². The van der Waals surface area contributed by atoms with Crippen molar-refractivity contribution < 1.29 is 4.79 Å². The molecule has 2 rings (SSSR count). The number of benzene rings is 1. The second kappa shape index (κ2) is 5.67. The molecule has 0 saturated heterocycles. The van der Waals surface area contributed by atoms with Gasteiger partial charge in [0.2, 0.25) is 11.2 Å². The van der Waals surface area contributed by atoms with Crippen LogP contribution in [0.15, 0.2) is 30.3 Å². The second-order valence-electron chi connectivity index (χ2n) is 4.05. The summed E-state index contributed by atoms with van der Waals surface area (Å²) < 4.78 is 0. The van der Waals surface area contributed by atoms with E-state index in [1.54, 1.807) is 18.2 Å². The van der Waals surface area contributed by atoms with E-state index in [9.17, 15) is 4.79 Å². The molecule has 0 fully saturated rings. The first-order valence-electron chi connectivity index (χ1n) is 5.69. The van der Waals surface area contributed by atoms with Gasteiger partial charge < -0.3 is 10.6 Å². The molecule has 2 aromatic rings. The predicted octanol–water partition coefficient (Wildman–Crippen LogP) is 3.14. The van der Waals surface area contributed by atoms with Crippen molar-refractivity contribution in [2.75, 3.05) is 10.6 Å². The van der Waals surface area contributed by atoms with Gasteiger partial charge in [-0.05, 0) is 42.8 Å². The number of carbonyl (C=O) groups excluding carboxylic acids is 1. The topological polar surface area (TPSA) is 66.9 Å². The number of amides is 1. The molecule has 0 aliphatic carbocycles. The van der Waals surface area contributed by atoms with E-state index in [0.29, 0.717) is 5.82 Å². The number of nitrogens with zero attached hydrogens (tertiary/aromatic N) is 2. The van der Waals surface area contributed by atoms with Crippen molar-refractivity contribution in [3.8, 4) is 0 Å². The monoisotopic (exact) mass is 276 g/mol. The molecule has 1 heterocycles. The van der Waals surface area contributed by atoms with Gasteiger partial charge in [0, 0.05) is 30.1 Å². The molecule has 0 saturated carbocycles. The van der Waals surface area contributed by atoms with Crippen molar-refractivity contribution >= 4 is 34.7 Å². The van der Waals surface area contributed by atoms with Gasteiger partial charge in [-0.15, -0.1) is 0 Å². The van der Waals surface area contributed by atoms with Crippen molar-refractivity contribution in [2.45, 2.75) is 13.8 Å². The lowest BCUT2D eigenvalue weighted by molar-refractivity contribution is -0.114. The minimum Gasteiger partial charge on any atom is -0.340 e. The molecular formula is C13H13ClN4O.